The standard InChI is InChI=1S/C45H66N6O7/c1-5-6-18-47(4)26-27-57-41(52)31-48-19-11-35(12-20-48)36-13-21-49(22-14-36)43(54)40(30-34-28-32(2)42(53)33(3)29-34)58-45(56)50-23-16-38(17-24-50)51-25-15-37-9-7-8-10-39(37)46-44(51)55/h7-10,28-29,35-36,38,40,53H,5-6,11-27,30-31H2,1-4H3,(H,46,55)/t40-/m1/s1. The fourth-order valence-electron chi connectivity index (χ4n) is 9.31. The van der Waals surface area contributed by atoms with Crippen LogP contribution >= 0.6 is 0 Å². The fourth-order valence-corrected chi connectivity index (χ4v) is 9.31. The van der Waals surface area contributed by atoms with E-state index in [0.29, 0.717) is 81.7 Å². The lowest BCUT2D eigenvalue weighted by molar-refractivity contribution is -0.145. The van der Waals surface area contributed by atoms with Crippen LogP contribution in [0.25, 0.3) is 0 Å². The number of likely N-dealkylation sites (tertiary alicyclic amines) is 3. The van der Waals surface area contributed by atoms with Crippen LogP contribution in [0.2, 0.25) is 0 Å². The summed E-state index contributed by atoms with van der Waals surface area (Å²) < 4.78 is 11.6. The smallest absolute Gasteiger partial charge is 0.410 e. The molecule has 318 valence electrons. The minimum absolute atomic E-state index is 0.00112. The number of rotatable bonds is 14. The first-order valence-corrected chi connectivity index (χ1v) is 21.7. The molecule has 0 aliphatic carbocycles. The van der Waals surface area contributed by atoms with Crippen LogP contribution in [0.5, 0.6) is 5.75 Å². The Balaban J connectivity index is 0.989. The van der Waals surface area contributed by atoms with Crippen LogP contribution in [0.15, 0.2) is 36.4 Å². The number of nitrogens with one attached hydrogen (secondary N) is 1. The minimum Gasteiger partial charge on any atom is -0.507 e. The van der Waals surface area contributed by atoms with Crippen molar-refractivity contribution in [1.82, 2.24) is 24.5 Å². The molecule has 3 fully saturated rings. The van der Waals surface area contributed by atoms with Crippen molar-refractivity contribution < 1.29 is 33.8 Å². The Bertz CT molecular complexity index is 1690. The van der Waals surface area contributed by atoms with Gasteiger partial charge in [0.15, 0.2) is 6.10 Å². The van der Waals surface area contributed by atoms with E-state index in [4.69, 9.17) is 9.47 Å². The van der Waals surface area contributed by atoms with Gasteiger partial charge in [-0.3, -0.25) is 14.5 Å². The Kier molecular flexibility index (Phi) is 15.3. The van der Waals surface area contributed by atoms with Crippen molar-refractivity contribution in [2.75, 3.05) is 84.4 Å². The van der Waals surface area contributed by atoms with E-state index in [2.05, 4.69) is 29.1 Å². The number of piperidine rings is 3. The summed E-state index contributed by atoms with van der Waals surface area (Å²) in [4.78, 5) is 63.5. The van der Waals surface area contributed by atoms with E-state index in [9.17, 15) is 24.3 Å². The van der Waals surface area contributed by atoms with Gasteiger partial charge >= 0.3 is 18.1 Å². The number of nitrogens with zero attached hydrogens (tertiary/aromatic N) is 5. The van der Waals surface area contributed by atoms with Crippen LogP contribution in [-0.2, 0) is 31.9 Å². The summed E-state index contributed by atoms with van der Waals surface area (Å²) in [5.41, 5.74) is 4.22. The lowest BCUT2D eigenvalue weighted by Gasteiger charge is -2.41. The number of hydrogen-bond donors (Lipinski definition) is 2. The lowest BCUT2D eigenvalue weighted by atomic mass is 9.78. The van der Waals surface area contributed by atoms with Gasteiger partial charge in [0.1, 0.15) is 12.4 Å². The van der Waals surface area contributed by atoms with Gasteiger partial charge in [-0.05, 0) is 132 Å². The monoisotopic (exact) mass is 802 g/mol. The number of ether oxygens (including phenoxy) is 2. The summed E-state index contributed by atoms with van der Waals surface area (Å²) in [6.07, 6.45) is 6.86. The van der Waals surface area contributed by atoms with Crippen molar-refractivity contribution in [3.05, 3.63) is 58.7 Å². The molecule has 58 heavy (non-hydrogen) atoms. The molecule has 4 amide bonds. The van der Waals surface area contributed by atoms with Gasteiger partial charge in [0, 0.05) is 57.4 Å². The molecule has 0 unspecified atom stereocenters. The zero-order valence-corrected chi connectivity index (χ0v) is 35.3. The first-order valence-electron chi connectivity index (χ1n) is 21.7. The van der Waals surface area contributed by atoms with Gasteiger partial charge in [0.2, 0.25) is 0 Å². The normalized spacial score (nSPS) is 19.4. The van der Waals surface area contributed by atoms with Crippen molar-refractivity contribution in [3.8, 4) is 5.75 Å². The second kappa shape index (κ2) is 20.6. The summed E-state index contributed by atoms with van der Waals surface area (Å²) in [5, 5.41) is 13.5. The van der Waals surface area contributed by atoms with Crippen LogP contribution in [0, 0.1) is 25.7 Å². The molecule has 0 saturated carbocycles. The number of likely N-dealkylation sites (N-methyl/N-ethyl adjacent to an activating group) is 1. The third kappa shape index (κ3) is 11.4. The zero-order chi connectivity index (χ0) is 41.2. The summed E-state index contributed by atoms with van der Waals surface area (Å²) in [7, 11) is 2.06. The van der Waals surface area contributed by atoms with Gasteiger partial charge in [0.25, 0.3) is 5.91 Å². The molecule has 0 radical (unpaired) electrons. The van der Waals surface area contributed by atoms with E-state index in [1.807, 2.05) is 60.0 Å². The summed E-state index contributed by atoms with van der Waals surface area (Å²) >= 11 is 0. The average molecular weight is 803 g/mol. The van der Waals surface area contributed by atoms with E-state index in [1.54, 1.807) is 4.90 Å². The van der Waals surface area contributed by atoms with Crippen molar-refractivity contribution >= 4 is 29.7 Å². The zero-order valence-electron chi connectivity index (χ0n) is 35.3. The molecular formula is C45H66N6O7. The van der Waals surface area contributed by atoms with Crippen LogP contribution in [0.4, 0.5) is 15.3 Å². The van der Waals surface area contributed by atoms with Gasteiger partial charge in [-0.1, -0.05) is 43.7 Å². The molecule has 4 aliphatic rings. The highest BCUT2D eigenvalue weighted by molar-refractivity contribution is 5.91. The van der Waals surface area contributed by atoms with Crippen molar-refractivity contribution in [1.29, 1.82) is 0 Å². The number of urea groups is 1. The number of esters is 1. The second-order valence-corrected chi connectivity index (χ2v) is 17.1. The van der Waals surface area contributed by atoms with Crippen molar-refractivity contribution in [2.24, 2.45) is 11.8 Å². The molecule has 3 saturated heterocycles. The van der Waals surface area contributed by atoms with Crippen LogP contribution in [-0.4, -0.2) is 145 Å². The van der Waals surface area contributed by atoms with Crippen LogP contribution < -0.4 is 5.32 Å². The fraction of sp³-hybridized carbons (Fsp3) is 0.644. The largest absolute Gasteiger partial charge is 0.507 e. The van der Waals surface area contributed by atoms with Crippen molar-refractivity contribution in [2.45, 2.75) is 97.1 Å². The van der Waals surface area contributed by atoms with Crippen LogP contribution in [0.1, 0.15) is 80.5 Å². The van der Waals surface area contributed by atoms with Gasteiger partial charge in [-0.15, -0.1) is 0 Å². The number of aryl methyl sites for hydroxylation is 2. The molecule has 4 heterocycles. The molecule has 6 rings (SSSR count). The topological polar surface area (TPSA) is 135 Å². The van der Waals surface area contributed by atoms with E-state index in [1.165, 1.54) is 0 Å². The number of benzene rings is 2. The predicted octanol–water partition coefficient (Wildman–Crippen LogP) is 5.84. The second-order valence-electron chi connectivity index (χ2n) is 17.1. The number of unbranched alkanes of at least 4 members (excludes halogenated alkanes) is 1. The first-order chi connectivity index (χ1) is 28.0. The first kappa shape index (κ1) is 43.2. The number of phenols is 1. The number of aromatic hydroxyl groups is 1. The third-order valence-electron chi connectivity index (χ3n) is 12.9. The van der Waals surface area contributed by atoms with Crippen molar-refractivity contribution in [3.63, 3.8) is 0 Å². The highest BCUT2D eigenvalue weighted by Gasteiger charge is 2.37. The highest BCUT2D eigenvalue weighted by atomic mass is 16.6. The Hall–Kier alpha value is -4.36. The maximum atomic E-state index is 14.2. The molecule has 4 aliphatic heterocycles. The molecule has 0 aromatic heterocycles. The van der Waals surface area contributed by atoms with E-state index >= 15 is 0 Å². The van der Waals surface area contributed by atoms with Gasteiger partial charge in [-0.25, -0.2) is 9.59 Å². The minimum atomic E-state index is -1.00. The van der Waals surface area contributed by atoms with Gasteiger partial charge < -0.3 is 39.5 Å². The number of anilines is 1. The highest BCUT2D eigenvalue weighted by Crippen LogP contribution is 2.33. The molecule has 2 aromatic carbocycles. The number of carbonyl (C=O) groups excluding carboxylic acids is 4. The summed E-state index contributed by atoms with van der Waals surface area (Å²) in [6, 6.07) is 11.5. The number of amides is 4. The Labute approximate surface area is 345 Å². The SMILES string of the molecule is CCCCN(C)CCOC(=O)CN1CCC(C2CCN(C(=O)[C@@H](Cc3cc(C)c(O)c(C)c3)OC(=O)N3CCC(N4CCc5ccccc5NC4=O)CC3)CC2)CC1. The van der Waals surface area contributed by atoms with Crippen LogP contribution in [0.3, 0.4) is 0 Å². The maximum absolute atomic E-state index is 14.2. The quantitative estimate of drug-likeness (QED) is 0.226. The molecular weight excluding hydrogens is 737 g/mol. The van der Waals surface area contributed by atoms with E-state index in [0.717, 1.165) is 87.9 Å². The Morgan fingerprint density at radius 3 is 2.19 bits per heavy atom. The maximum Gasteiger partial charge on any atom is 0.410 e. The number of hydrogen-bond acceptors (Lipinski definition) is 9. The molecule has 2 aromatic rings. The van der Waals surface area contributed by atoms with E-state index < -0.39 is 12.2 Å². The number of para-hydroxylation sites is 1. The summed E-state index contributed by atoms with van der Waals surface area (Å²) in [5.74, 6) is 0.937. The molecule has 13 nitrogen and oxygen atoms in total. The summed E-state index contributed by atoms with van der Waals surface area (Å²) in [6.45, 7) is 12.8. The number of phenolic OH excluding ortho intramolecular Hbond substituents is 1. The molecule has 2 N–H and O–H groups in total. The van der Waals surface area contributed by atoms with Gasteiger partial charge in [-0.2, -0.15) is 0 Å². The van der Waals surface area contributed by atoms with Gasteiger partial charge in [0.05, 0.1) is 6.54 Å². The third-order valence-corrected chi connectivity index (χ3v) is 12.9. The number of carbonyl (C=O) groups is 4. The predicted molar refractivity (Wildman–Crippen MR) is 224 cm³/mol. The Morgan fingerprint density at radius 2 is 1.52 bits per heavy atom. The number of fused-ring (bicyclic) bond motifs is 1. The van der Waals surface area contributed by atoms with E-state index in [-0.39, 0.29) is 36.1 Å². The Morgan fingerprint density at radius 1 is 0.879 bits per heavy atom. The lowest BCUT2D eigenvalue weighted by Crippen LogP contribution is -2.52. The molecule has 13 heteroatoms. The molecule has 0 spiro atoms. The molecule has 1 atom stereocenters. The average Bonchev–Trinajstić information content (AvgIpc) is 3.39. The molecule has 0 bridgehead atoms.